The van der Waals surface area contributed by atoms with Gasteiger partial charge in [-0.05, 0) is 18.6 Å². The van der Waals surface area contributed by atoms with Gasteiger partial charge in [0.05, 0.1) is 16.0 Å². The number of thiazole rings is 1. The Morgan fingerprint density at radius 1 is 1.32 bits per heavy atom. The quantitative estimate of drug-likeness (QED) is 0.607. The second-order valence-corrected chi connectivity index (χ2v) is 8.92. The topological polar surface area (TPSA) is 50.3 Å². The van der Waals surface area contributed by atoms with E-state index in [2.05, 4.69) is 4.98 Å². The van der Waals surface area contributed by atoms with Gasteiger partial charge < -0.3 is 0 Å². The van der Waals surface area contributed by atoms with E-state index in [1.807, 2.05) is 24.3 Å². The Labute approximate surface area is 121 Å². The zero-order valence-electron chi connectivity index (χ0n) is 10.9. The summed E-state index contributed by atoms with van der Waals surface area (Å²) in [7, 11) is 0.0567. The Morgan fingerprint density at radius 2 is 2.05 bits per heavy atom. The molecule has 19 heavy (non-hydrogen) atoms. The van der Waals surface area contributed by atoms with Crippen molar-refractivity contribution in [3.8, 4) is 0 Å². The van der Waals surface area contributed by atoms with Gasteiger partial charge in [-0.15, -0.1) is 11.3 Å². The SMILES string of the molecule is CN(C)S(=O)(=O)CCCSc1nc2ccccc2s1. The van der Waals surface area contributed by atoms with E-state index < -0.39 is 10.0 Å². The van der Waals surface area contributed by atoms with E-state index in [0.29, 0.717) is 6.42 Å². The summed E-state index contributed by atoms with van der Waals surface area (Å²) in [6, 6.07) is 8.01. The van der Waals surface area contributed by atoms with Crippen molar-refractivity contribution in [2.24, 2.45) is 0 Å². The molecule has 0 amide bonds. The summed E-state index contributed by atoms with van der Waals surface area (Å²) in [5.41, 5.74) is 1.01. The molecule has 104 valence electrons. The molecule has 1 aromatic carbocycles. The van der Waals surface area contributed by atoms with E-state index >= 15 is 0 Å². The number of rotatable bonds is 6. The normalized spacial score (nSPS) is 12.4. The molecular formula is C12H16N2O2S3. The first kappa shape index (κ1) is 14.8. The second kappa shape index (κ2) is 6.21. The first-order valence-corrected chi connectivity index (χ1v) is 9.29. The smallest absolute Gasteiger partial charge is 0.213 e. The van der Waals surface area contributed by atoms with Crippen molar-refractivity contribution in [3.63, 3.8) is 0 Å². The molecule has 1 heterocycles. The summed E-state index contributed by atoms with van der Waals surface area (Å²) in [5.74, 6) is 0.963. The molecule has 0 fully saturated rings. The highest BCUT2D eigenvalue weighted by Crippen LogP contribution is 2.29. The molecule has 0 aliphatic carbocycles. The predicted molar refractivity (Wildman–Crippen MR) is 82.4 cm³/mol. The van der Waals surface area contributed by atoms with Crippen LogP contribution in [0.4, 0.5) is 0 Å². The minimum absolute atomic E-state index is 0.192. The minimum atomic E-state index is -3.07. The van der Waals surface area contributed by atoms with Gasteiger partial charge in [0.1, 0.15) is 0 Å². The number of fused-ring (bicyclic) bond motifs is 1. The molecule has 0 aliphatic rings. The molecule has 2 rings (SSSR count). The Hall–Kier alpha value is -0.630. The molecular weight excluding hydrogens is 300 g/mol. The number of para-hydroxylation sites is 1. The van der Waals surface area contributed by atoms with Gasteiger partial charge in [-0.1, -0.05) is 23.9 Å². The maximum Gasteiger partial charge on any atom is 0.213 e. The van der Waals surface area contributed by atoms with Crippen LogP contribution in [0, 0.1) is 0 Å². The van der Waals surface area contributed by atoms with Crippen molar-refractivity contribution in [2.75, 3.05) is 25.6 Å². The molecule has 0 unspecified atom stereocenters. The zero-order valence-corrected chi connectivity index (χ0v) is 13.3. The van der Waals surface area contributed by atoms with Crippen molar-refractivity contribution >= 4 is 43.3 Å². The number of nitrogens with zero attached hydrogens (tertiary/aromatic N) is 2. The van der Waals surface area contributed by atoms with Crippen molar-refractivity contribution in [1.82, 2.24) is 9.29 Å². The van der Waals surface area contributed by atoms with Crippen LogP contribution in [0.1, 0.15) is 6.42 Å². The van der Waals surface area contributed by atoms with E-state index in [4.69, 9.17) is 0 Å². The summed E-state index contributed by atoms with van der Waals surface area (Å²) in [6.07, 6.45) is 0.640. The summed E-state index contributed by atoms with van der Waals surface area (Å²) in [6.45, 7) is 0. The molecule has 0 bridgehead atoms. The molecule has 0 atom stereocenters. The van der Waals surface area contributed by atoms with Crippen molar-refractivity contribution < 1.29 is 8.42 Å². The average molecular weight is 316 g/mol. The lowest BCUT2D eigenvalue weighted by atomic mass is 10.3. The van der Waals surface area contributed by atoms with Gasteiger partial charge in [-0.2, -0.15) is 0 Å². The Bertz CT molecular complexity index is 617. The van der Waals surface area contributed by atoms with Crippen LogP contribution in [0.15, 0.2) is 28.6 Å². The van der Waals surface area contributed by atoms with Gasteiger partial charge in [0.2, 0.25) is 10.0 Å². The van der Waals surface area contributed by atoms with Gasteiger partial charge in [0.25, 0.3) is 0 Å². The van der Waals surface area contributed by atoms with Gasteiger partial charge >= 0.3 is 0 Å². The third kappa shape index (κ3) is 3.92. The fourth-order valence-corrected chi connectivity index (χ4v) is 4.63. The van der Waals surface area contributed by atoms with Gasteiger partial charge in [0, 0.05) is 19.8 Å². The number of sulfonamides is 1. The van der Waals surface area contributed by atoms with Crippen LogP contribution in [-0.4, -0.2) is 43.3 Å². The predicted octanol–water partition coefficient (Wildman–Crippen LogP) is 2.67. The number of aromatic nitrogens is 1. The average Bonchev–Trinajstić information content (AvgIpc) is 2.77. The number of thioether (sulfide) groups is 1. The molecule has 4 nitrogen and oxygen atoms in total. The van der Waals surface area contributed by atoms with E-state index in [-0.39, 0.29) is 5.75 Å². The molecule has 0 spiro atoms. The zero-order chi connectivity index (χ0) is 13.9. The van der Waals surface area contributed by atoms with E-state index in [1.54, 1.807) is 37.2 Å². The minimum Gasteiger partial charge on any atom is -0.230 e. The number of hydrogen-bond donors (Lipinski definition) is 0. The standard InChI is InChI=1S/C12H16N2O2S3/c1-14(2)19(15,16)9-5-8-17-12-13-10-6-3-4-7-11(10)18-12/h3-4,6-7H,5,8-9H2,1-2H3. The van der Waals surface area contributed by atoms with Crippen molar-refractivity contribution in [3.05, 3.63) is 24.3 Å². The largest absolute Gasteiger partial charge is 0.230 e. The molecule has 0 aliphatic heterocycles. The molecule has 0 saturated carbocycles. The second-order valence-electron chi connectivity index (χ2n) is 4.25. The summed E-state index contributed by atoms with van der Waals surface area (Å²) in [5, 5.41) is 0. The summed E-state index contributed by atoms with van der Waals surface area (Å²) < 4.78 is 26.6. The third-order valence-electron chi connectivity index (χ3n) is 2.60. The lowest BCUT2D eigenvalue weighted by Gasteiger charge is -2.10. The molecule has 0 N–H and O–H groups in total. The Kier molecular flexibility index (Phi) is 4.83. The van der Waals surface area contributed by atoms with Gasteiger partial charge in [0.15, 0.2) is 4.34 Å². The van der Waals surface area contributed by atoms with Crippen molar-refractivity contribution in [2.45, 2.75) is 10.8 Å². The highest BCUT2D eigenvalue weighted by atomic mass is 32.2. The van der Waals surface area contributed by atoms with Crippen LogP contribution in [0.25, 0.3) is 10.2 Å². The van der Waals surface area contributed by atoms with E-state index in [1.165, 1.54) is 9.01 Å². The molecule has 1 aromatic heterocycles. The Balaban J connectivity index is 1.86. The molecule has 2 aromatic rings. The van der Waals surface area contributed by atoms with E-state index in [0.717, 1.165) is 15.6 Å². The number of hydrogen-bond acceptors (Lipinski definition) is 5. The molecule has 7 heteroatoms. The molecule has 0 saturated heterocycles. The lowest BCUT2D eigenvalue weighted by molar-refractivity contribution is 0.520. The highest BCUT2D eigenvalue weighted by Gasteiger charge is 2.13. The van der Waals surface area contributed by atoms with Crippen LogP contribution in [-0.2, 0) is 10.0 Å². The maximum atomic E-state index is 11.6. The fourth-order valence-electron chi connectivity index (χ4n) is 1.50. The van der Waals surface area contributed by atoms with Crippen LogP contribution in [0.5, 0.6) is 0 Å². The van der Waals surface area contributed by atoms with Crippen LogP contribution >= 0.6 is 23.1 Å². The van der Waals surface area contributed by atoms with Gasteiger partial charge in [-0.25, -0.2) is 17.7 Å². The molecule has 0 radical (unpaired) electrons. The maximum absolute atomic E-state index is 11.6. The lowest BCUT2D eigenvalue weighted by Crippen LogP contribution is -2.25. The van der Waals surface area contributed by atoms with Crippen LogP contribution in [0.3, 0.4) is 0 Å². The van der Waals surface area contributed by atoms with Crippen molar-refractivity contribution in [1.29, 1.82) is 0 Å². The summed E-state index contributed by atoms with van der Waals surface area (Å²) in [4.78, 5) is 4.50. The van der Waals surface area contributed by atoms with E-state index in [9.17, 15) is 8.42 Å². The first-order chi connectivity index (χ1) is 8.99. The number of benzene rings is 1. The van der Waals surface area contributed by atoms with Crippen LogP contribution in [0.2, 0.25) is 0 Å². The van der Waals surface area contributed by atoms with Gasteiger partial charge in [-0.3, -0.25) is 0 Å². The first-order valence-electron chi connectivity index (χ1n) is 5.87. The highest BCUT2D eigenvalue weighted by molar-refractivity contribution is 8.01. The fraction of sp³-hybridized carbons (Fsp3) is 0.417. The Morgan fingerprint density at radius 3 is 2.74 bits per heavy atom. The third-order valence-corrected chi connectivity index (χ3v) is 6.79. The van der Waals surface area contributed by atoms with Crippen LogP contribution < -0.4 is 0 Å². The summed E-state index contributed by atoms with van der Waals surface area (Å²) >= 11 is 3.28. The monoisotopic (exact) mass is 316 g/mol.